The first-order valence-electron chi connectivity index (χ1n) is 4.91. The molecule has 2 nitrogen and oxygen atoms in total. The molecule has 2 rings (SSSR count). The summed E-state index contributed by atoms with van der Waals surface area (Å²) in [4.78, 5) is 3.85. The van der Waals surface area contributed by atoms with Crippen molar-refractivity contribution in [3.63, 3.8) is 0 Å². The Morgan fingerprint density at radius 1 is 1.06 bits per heavy atom. The zero-order valence-electron chi connectivity index (χ0n) is 8.91. The van der Waals surface area contributed by atoms with Gasteiger partial charge < -0.3 is 4.74 Å². The van der Waals surface area contributed by atoms with Crippen molar-refractivity contribution in [2.24, 2.45) is 0 Å². The van der Waals surface area contributed by atoms with Gasteiger partial charge in [0.05, 0.1) is 5.02 Å². The highest BCUT2D eigenvalue weighted by atomic mass is 35.5. The van der Waals surface area contributed by atoms with E-state index in [1.165, 1.54) is 12.1 Å². The number of pyridine rings is 1. The van der Waals surface area contributed by atoms with Crippen molar-refractivity contribution < 1.29 is 17.9 Å². The molecule has 0 fully saturated rings. The summed E-state index contributed by atoms with van der Waals surface area (Å²) >= 11 is 5.93. The van der Waals surface area contributed by atoms with Crippen LogP contribution in [0.15, 0.2) is 42.7 Å². The van der Waals surface area contributed by atoms with Gasteiger partial charge in [-0.25, -0.2) is 0 Å². The first-order valence-corrected chi connectivity index (χ1v) is 5.29. The summed E-state index contributed by atoms with van der Waals surface area (Å²) in [5.41, 5.74) is 1.39. The van der Waals surface area contributed by atoms with Crippen LogP contribution in [0, 0.1) is 0 Å². The molecule has 1 aromatic heterocycles. The lowest BCUT2D eigenvalue weighted by Gasteiger charge is -2.10. The van der Waals surface area contributed by atoms with E-state index < -0.39 is 6.36 Å². The molecule has 0 atom stereocenters. The Balaban J connectivity index is 2.32. The number of nitrogens with zero attached hydrogens (tertiary/aromatic N) is 1. The van der Waals surface area contributed by atoms with E-state index >= 15 is 0 Å². The van der Waals surface area contributed by atoms with Gasteiger partial charge in [0.1, 0.15) is 5.75 Å². The first kappa shape index (κ1) is 12.7. The highest BCUT2D eigenvalue weighted by Crippen LogP contribution is 2.32. The lowest BCUT2D eigenvalue weighted by molar-refractivity contribution is -0.274. The monoisotopic (exact) mass is 273 g/mol. The molecule has 6 heteroatoms. The van der Waals surface area contributed by atoms with Gasteiger partial charge in [0.25, 0.3) is 0 Å². The van der Waals surface area contributed by atoms with Gasteiger partial charge >= 0.3 is 6.36 Å². The van der Waals surface area contributed by atoms with E-state index in [9.17, 15) is 13.2 Å². The Morgan fingerprint density at radius 3 is 2.28 bits per heavy atom. The maximum absolute atomic E-state index is 12.0. The molecule has 0 amide bonds. The molecule has 0 aliphatic rings. The Labute approximate surface area is 106 Å². The first-order chi connectivity index (χ1) is 8.46. The van der Waals surface area contributed by atoms with Crippen LogP contribution in [-0.4, -0.2) is 11.3 Å². The summed E-state index contributed by atoms with van der Waals surface area (Å²) in [7, 11) is 0. The second-order valence-electron chi connectivity index (χ2n) is 3.43. The quantitative estimate of drug-likeness (QED) is 0.814. The van der Waals surface area contributed by atoms with Crippen LogP contribution in [0.3, 0.4) is 0 Å². The highest BCUT2D eigenvalue weighted by molar-refractivity contribution is 6.33. The zero-order chi connectivity index (χ0) is 13.2. The largest absolute Gasteiger partial charge is 0.573 e. The number of hydrogen-bond acceptors (Lipinski definition) is 2. The van der Waals surface area contributed by atoms with Gasteiger partial charge in [-0.1, -0.05) is 11.6 Å². The van der Waals surface area contributed by atoms with Gasteiger partial charge in [0.15, 0.2) is 0 Å². The summed E-state index contributed by atoms with van der Waals surface area (Å²) in [5, 5.41) is 0.183. The van der Waals surface area contributed by atoms with Crippen LogP contribution in [0.1, 0.15) is 0 Å². The molecule has 18 heavy (non-hydrogen) atoms. The molecular weight excluding hydrogens is 267 g/mol. The average Bonchev–Trinajstić information content (AvgIpc) is 2.28. The summed E-state index contributed by atoms with van der Waals surface area (Å²) in [5.74, 6) is -0.342. The van der Waals surface area contributed by atoms with Gasteiger partial charge in [-0.05, 0) is 35.9 Å². The highest BCUT2D eigenvalue weighted by Gasteiger charge is 2.31. The fraction of sp³-hybridized carbons (Fsp3) is 0.0833. The number of halogens is 4. The number of rotatable bonds is 2. The normalized spacial score (nSPS) is 11.3. The van der Waals surface area contributed by atoms with E-state index in [1.54, 1.807) is 24.5 Å². The van der Waals surface area contributed by atoms with Crippen molar-refractivity contribution >= 4 is 11.6 Å². The molecule has 94 valence electrons. The van der Waals surface area contributed by atoms with Crippen molar-refractivity contribution in [2.45, 2.75) is 6.36 Å². The Bertz CT molecular complexity index is 543. The predicted octanol–water partition coefficient (Wildman–Crippen LogP) is 4.30. The van der Waals surface area contributed by atoms with E-state index in [4.69, 9.17) is 11.6 Å². The van der Waals surface area contributed by atoms with Gasteiger partial charge in [0.2, 0.25) is 0 Å². The van der Waals surface area contributed by atoms with E-state index in [2.05, 4.69) is 9.72 Å². The number of hydrogen-bond donors (Lipinski definition) is 0. The van der Waals surface area contributed by atoms with Gasteiger partial charge in [-0.15, -0.1) is 13.2 Å². The molecule has 0 aliphatic carbocycles. The zero-order valence-corrected chi connectivity index (χ0v) is 9.66. The van der Waals surface area contributed by atoms with E-state index in [1.807, 2.05) is 0 Å². The van der Waals surface area contributed by atoms with Crippen LogP contribution < -0.4 is 4.74 Å². The van der Waals surface area contributed by atoms with Gasteiger partial charge in [0, 0.05) is 18.0 Å². The molecule has 0 radical (unpaired) electrons. The van der Waals surface area contributed by atoms with Crippen LogP contribution in [0.25, 0.3) is 11.1 Å². The summed E-state index contributed by atoms with van der Waals surface area (Å²) in [6, 6.07) is 7.25. The van der Waals surface area contributed by atoms with Gasteiger partial charge in [-0.2, -0.15) is 0 Å². The van der Waals surface area contributed by atoms with E-state index in [-0.39, 0.29) is 10.8 Å². The summed E-state index contributed by atoms with van der Waals surface area (Å²) in [6.45, 7) is 0. The smallest absolute Gasteiger partial charge is 0.406 e. The summed E-state index contributed by atoms with van der Waals surface area (Å²) < 4.78 is 39.8. The molecule has 2 aromatic rings. The van der Waals surface area contributed by atoms with Crippen LogP contribution in [0.4, 0.5) is 13.2 Å². The minimum absolute atomic E-state index is 0.183. The molecule has 1 heterocycles. The topological polar surface area (TPSA) is 22.1 Å². The van der Waals surface area contributed by atoms with Crippen LogP contribution in [0.2, 0.25) is 5.02 Å². The minimum atomic E-state index is -4.72. The number of alkyl halides is 3. The molecule has 1 aromatic carbocycles. The Hall–Kier alpha value is -1.75. The predicted molar refractivity (Wildman–Crippen MR) is 61.4 cm³/mol. The van der Waals surface area contributed by atoms with Crippen molar-refractivity contribution in [2.75, 3.05) is 0 Å². The average molecular weight is 274 g/mol. The lowest BCUT2D eigenvalue weighted by Crippen LogP contribution is -2.17. The molecule has 0 bridgehead atoms. The van der Waals surface area contributed by atoms with Crippen molar-refractivity contribution in [3.8, 4) is 16.9 Å². The maximum Gasteiger partial charge on any atom is 0.573 e. The molecule has 0 N–H and O–H groups in total. The van der Waals surface area contributed by atoms with Crippen LogP contribution >= 0.6 is 11.6 Å². The van der Waals surface area contributed by atoms with Crippen molar-refractivity contribution in [1.29, 1.82) is 0 Å². The molecule has 0 aliphatic heterocycles. The molecular formula is C12H7ClF3NO. The van der Waals surface area contributed by atoms with Crippen molar-refractivity contribution in [1.82, 2.24) is 4.98 Å². The maximum atomic E-state index is 12.0. The second-order valence-corrected chi connectivity index (χ2v) is 3.83. The fourth-order valence-corrected chi connectivity index (χ4v) is 1.74. The van der Waals surface area contributed by atoms with Gasteiger partial charge in [-0.3, -0.25) is 4.98 Å². The van der Waals surface area contributed by atoms with Crippen LogP contribution in [0.5, 0.6) is 5.75 Å². The second kappa shape index (κ2) is 4.86. The van der Waals surface area contributed by atoms with E-state index in [0.717, 1.165) is 11.6 Å². The fourth-order valence-electron chi connectivity index (χ4n) is 1.46. The Morgan fingerprint density at radius 2 is 1.72 bits per heavy atom. The third-order valence-electron chi connectivity index (χ3n) is 2.17. The van der Waals surface area contributed by atoms with Crippen LogP contribution in [-0.2, 0) is 0 Å². The number of ether oxygens (including phenoxy) is 1. The molecule has 0 saturated heterocycles. The Kier molecular flexibility index (Phi) is 3.43. The van der Waals surface area contributed by atoms with E-state index in [0.29, 0.717) is 5.56 Å². The molecule has 0 spiro atoms. The minimum Gasteiger partial charge on any atom is -0.406 e. The molecule has 0 saturated carbocycles. The third-order valence-corrected chi connectivity index (χ3v) is 2.48. The molecule has 0 unspecified atom stereocenters. The number of aromatic nitrogens is 1. The summed E-state index contributed by atoms with van der Waals surface area (Å²) in [6.07, 6.45) is -1.57. The third kappa shape index (κ3) is 3.13. The number of benzene rings is 1. The van der Waals surface area contributed by atoms with Crippen molar-refractivity contribution in [3.05, 3.63) is 47.7 Å². The standard InChI is InChI=1S/C12H7ClF3NO/c13-11-7-9(18-12(14,15)16)1-2-10(11)8-3-5-17-6-4-8/h1-7H. The lowest BCUT2D eigenvalue weighted by atomic mass is 10.1. The SMILES string of the molecule is FC(F)(F)Oc1ccc(-c2ccncc2)c(Cl)c1.